The number of nitrogens with one attached hydrogen (secondary N) is 1. The van der Waals surface area contributed by atoms with Gasteiger partial charge < -0.3 is 19.9 Å². The quantitative estimate of drug-likeness (QED) is 0.517. The number of hydrogen-bond acceptors (Lipinski definition) is 5. The fourth-order valence-electron chi connectivity index (χ4n) is 3.04. The first-order valence-electron chi connectivity index (χ1n) is 10.0. The molecule has 1 atom stereocenters. The van der Waals surface area contributed by atoms with E-state index in [0.29, 0.717) is 18.0 Å². The molecule has 154 valence electrons. The van der Waals surface area contributed by atoms with Gasteiger partial charge in [-0.1, -0.05) is 49.7 Å². The van der Waals surface area contributed by atoms with Crippen molar-refractivity contribution in [1.29, 1.82) is 0 Å². The number of unbranched alkanes of at least 4 members (excludes halogenated alkanes) is 1. The Bertz CT molecular complexity index is 679. The highest BCUT2D eigenvalue weighted by Crippen LogP contribution is 2.28. The molecule has 0 aliphatic rings. The van der Waals surface area contributed by atoms with Crippen molar-refractivity contribution >= 4 is 0 Å². The fourth-order valence-corrected chi connectivity index (χ4v) is 3.04. The van der Waals surface area contributed by atoms with Crippen molar-refractivity contribution in [1.82, 2.24) is 10.2 Å². The lowest BCUT2D eigenvalue weighted by atomic mass is 10.2. The third kappa shape index (κ3) is 7.89. The number of aliphatic hydroxyl groups excluding tert-OH is 1. The van der Waals surface area contributed by atoms with E-state index in [4.69, 9.17) is 9.47 Å². The van der Waals surface area contributed by atoms with Gasteiger partial charge in [0.1, 0.15) is 12.7 Å². The second kappa shape index (κ2) is 12.4. The molecule has 0 saturated heterocycles. The lowest BCUT2D eigenvalue weighted by Crippen LogP contribution is -2.32. The maximum Gasteiger partial charge on any atom is 0.161 e. The molecule has 5 heteroatoms. The van der Waals surface area contributed by atoms with Crippen LogP contribution in [0.15, 0.2) is 48.5 Å². The van der Waals surface area contributed by atoms with Gasteiger partial charge in [0, 0.05) is 19.6 Å². The molecule has 0 bridgehead atoms. The fraction of sp³-hybridized carbons (Fsp3) is 0.478. The summed E-state index contributed by atoms with van der Waals surface area (Å²) in [5, 5.41) is 13.8. The number of rotatable bonds is 13. The molecule has 0 amide bonds. The molecule has 2 rings (SSSR count). The van der Waals surface area contributed by atoms with E-state index in [1.165, 1.54) is 18.4 Å². The van der Waals surface area contributed by atoms with Crippen molar-refractivity contribution < 1.29 is 14.6 Å². The summed E-state index contributed by atoms with van der Waals surface area (Å²) in [6, 6.07) is 16.2. The predicted octanol–water partition coefficient (Wildman–Crippen LogP) is 3.46. The average molecular weight is 387 g/mol. The predicted molar refractivity (Wildman–Crippen MR) is 114 cm³/mol. The van der Waals surface area contributed by atoms with E-state index in [-0.39, 0.29) is 6.61 Å². The van der Waals surface area contributed by atoms with E-state index in [2.05, 4.69) is 29.3 Å². The number of nitrogens with zero attached hydrogens (tertiary/aromatic N) is 1. The molecule has 0 aliphatic carbocycles. The summed E-state index contributed by atoms with van der Waals surface area (Å²) in [7, 11) is 3.63. The van der Waals surface area contributed by atoms with Crippen molar-refractivity contribution in [2.75, 3.05) is 33.9 Å². The SMILES string of the molecule is CCCCNCc1ccc(OC)c(OC[C@H](O)CN(C)Cc2ccccc2)c1. The van der Waals surface area contributed by atoms with E-state index < -0.39 is 6.10 Å². The number of hydrogen-bond donors (Lipinski definition) is 2. The lowest BCUT2D eigenvalue weighted by Gasteiger charge is -2.21. The monoisotopic (exact) mass is 386 g/mol. The number of ether oxygens (including phenoxy) is 2. The minimum absolute atomic E-state index is 0.224. The molecule has 2 aromatic carbocycles. The summed E-state index contributed by atoms with van der Waals surface area (Å²) < 4.78 is 11.3. The van der Waals surface area contributed by atoms with Gasteiger partial charge >= 0.3 is 0 Å². The Morgan fingerprint density at radius 3 is 2.57 bits per heavy atom. The highest BCUT2D eigenvalue weighted by molar-refractivity contribution is 5.43. The molecule has 0 saturated carbocycles. The van der Waals surface area contributed by atoms with Crippen LogP contribution in [0.25, 0.3) is 0 Å². The topological polar surface area (TPSA) is 54.0 Å². The van der Waals surface area contributed by atoms with Crippen LogP contribution in [0.5, 0.6) is 11.5 Å². The molecule has 5 nitrogen and oxygen atoms in total. The normalized spacial score (nSPS) is 12.2. The van der Waals surface area contributed by atoms with E-state index >= 15 is 0 Å². The molecule has 0 fully saturated rings. The molecule has 0 aliphatic heterocycles. The maximum absolute atomic E-state index is 10.4. The molecular formula is C23H34N2O3. The second-order valence-electron chi connectivity index (χ2n) is 7.16. The summed E-state index contributed by atoms with van der Waals surface area (Å²) in [5.74, 6) is 1.35. The number of methoxy groups -OCH3 is 1. The molecular weight excluding hydrogens is 352 g/mol. The van der Waals surface area contributed by atoms with Crippen LogP contribution in [-0.4, -0.2) is 50.0 Å². The highest BCUT2D eigenvalue weighted by Gasteiger charge is 2.12. The van der Waals surface area contributed by atoms with E-state index in [0.717, 1.165) is 25.2 Å². The average Bonchev–Trinajstić information content (AvgIpc) is 2.70. The Hall–Kier alpha value is -2.08. The van der Waals surface area contributed by atoms with Gasteiger partial charge in [-0.25, -0.2) is 0 Å². The van der Waals surface area contributed by atoms with Crippen LogP contribution in [0.3, 0.4) is 0 Å². The van der Waals surface area contributed by atoms with Crippen LogP contribution in [0.2, 0.25) is 0 Å². The zero-order chi connectivity index (χ0) is 20.2. The van der Waals surface area contributed by atoms with Gasteiger partial charge in [-0.2, -0.15) is 0 Å². The van der Waals surface area contributed by atoms with Gasteiger partial charge in [-0.05, 0) is 43.3 Å². The van der Waals surface area contributed by atoms with Crippen molar-refractivity contribution in [3.05, 3.63) is 59.7 Å². The van der Waals surface area contributed by atoms with Crippen molar-refractivity contribution in [2.45, 2.75) is 39.0 Å². The Labute approximate surface area is 169 Å². The maximum atomic E-state index is 10.4. The summed E-state index contributed by atoms with van der Waals surface area (Å²) in [6.07, 6.45) is 1.77. The van der Waals surface area contributed by atoms with Crippen LogP contribution in [-0.2, 0) is 13.1 Å². The second-order valence-corrected chi connectivity index (χ2v) is 7.16. The first-order valence-corrected chi connectivity index (χ1v) is 10.0. The minimum atomic E-state index is -0.579. The Morgan fingerprint density at radius 2 is 1.86 bits per heavy atom. The molecule has 0 aromatic heterocycles. The van der Waals surface area contributed by atoms with Crippen molar-refractivity contribution in [2.24, 2.45) is 0 Å². The molecule has 2 N–H and O–H groups in total. The van der Waals surface area contributed by atoms with Crippen LogP contribution in [0.4, 0.5) is 0 Å². The summed E-state index contributed by atoms with van der Waals surface area (Å²) in [6.45, 7) is 5.54. The van der Waals surface area contributed by atoms with Gasteiger partial charge in [-0.15, -0.1) is 0 Å². The Kier molecular flexibility index (Phi) is 9.83. The lowest BCUT2D eigenvalue weighted by molar-refractivity contribution is 0.0732. The smallest absolute Gasteiger partial charge is 0.161 e. The van der Waals surface area contributed by atoms with E-state index in [1.54, 1.807) is 7.11 Å². The minimum Gasteiger partial charge on any atom is -0.493 e. The largest absolute Gasteiger partial charge is 0.493 e. The van der Waals surface area contributed by atoms with E-state index in [1.807, 2.05) is 43.4 Å². The van der Waals surface area contributed by atoms with Gasteiger partial charge in [0.05, 0.1) is 7.11 Å². The summed E-state index contributed by atoms with van der Waals surface area (Å²) in [5.41, 5.74) is 2.37. The number of benzene rings is 2. The molecule has 0 unspecified atom stereocenters. The van der Waals surface area contributed by atoms with Gasteiger partial charge in [0.15, 0.2) is 11.5 Å². The number of likely N-dealkylation sites (N-methyl/N-ethyl adjacent to an activating group) is 1. The Balaban J connectivity index is 1.83. The third-order valence-corrected chi connectivity index (χ3v) is 4.51. The van der Waals surface area contributed by atoms with Gasteiger partial charge in [0.2, 0.25) is 0 Å². The standard InChI is InChI=1S/C23H34N2O3/c1-4-5-13-24-15-20-11-12-22(27-3)23(14-20)28-18-21(26)17-25(2)16-19-9-7-6-8-10-19/h6-12,14,21,24,26H,4-5,13,15-18H2,1-3H3/t21-/m1/s1. The Morgan fingerprint density at radius 1 is 1.07 bits per heavy atom. The first kappa shape index (κ1) is 22.2. The third-order valence-electron chi connectivity index (χ3n) is 4.51. The van der Waals surface area contributed by atoms with E-state index in [9.17, 15) is 5.11 Å². The van der Waals surface area contributed by atoms with Crippen molar-refractivity contribution in [3.63, 3.8) is 0 Å². The van der Waals surface area contributed by atoms with Gasteiger partial charge in [0.25, 0.3) is 0 Å². The molecule has 0 heterocycles. The zero-order valence-corrected chi connectivity index (χ0v) is 17.4. The molecule has 2 aromatic rings. The molecule has 0 spiro atoms. The van der Waals surface area contributed by atoms with Crippen LogP contribution in [0, 0.1) is 0 Å². The molecule has 0 radical (unpaired) electrons. The van der Waals surface area contributed by atoms with Crippen molar-refractivity contribution in [3.8, 4) is 11.5 Å². The highest BCUT2D eigenvalue weighted by atomic mass is 16.5. The van der Waals surface area contributed by atoms with Gasteiger partial charge in [-0.3, -0.25) is 4.90 Å². The number of aliphatic hydroxyl groups is 1. The first-order chi connectivity index (χ1) is 13.6. The zero-order valence-electron chi connectivity index (χ0n) is 17.4. The van der Waals surface area contributed by atoms with Crippen LogP contribution >= 0.6 is 0 Å². The summed E-state index contributed by atoms with van der Waals surface area (Å²) >= 11 is 0. The summed E-state index contributed by atoms with van der Waals surface area (Å²) in [4.78, 5) is 2.09. The van der Waals surface area contributed by atoms with Crippen LogP contribution < -0.4 is 14.8 Å². The van der Waals surface area contributed by atoms with Crippen LogP contribution in [0.1, 0.15) is 30.9 Å². The molecule has 28 heavy (non-hydrogen) atoms.